The predicted octanol–water partition coefficient (Wildman–Crippen LogP) is 7.24. The molecule has 0 bridgehead atoms. The number of halogens is 2. The third-order valence-electron chi connectivity index (χ3n) is 5.65. The second-order valence-electron chi connectivity index (χ2n) is 7.59. The Balaban J connectivity index is 1.61. The van der Waals surface area contributed by atoms with Crippen LogP contribution < -0.4 is 10.2 Å². The molecule has 7 heteroatoms. The van der Waals surface area contributed by atoms with E-state index in [1.165, 1.54) is 0 Å². The van der Waals surface area contributed by atoms with Gasteiger partial charge in [-0.25, -0.2) is 0 Å². The summed E-state index contributed by atoms with van der Waals surface area (Å²) in [6.45, 7) is 2.00. The van der Waals surface area contributed by atoms with Crippen LogP contribution in [0.3, 0.4) is 0 Å². The third-order valence-corrected chi connectivity index (χ3v) is 6.91. The summed E-state index contributed by atoms with van der Waals surface area (Å²) < 4.78 is 7.44. The largest absolute Gasteiger partial charge is 0.459 e. The van der Waals surface area contributed by atoms with Gasteiger partial charge in [0.05, 0.1) is 11.7 Å². The maximum Gasteiger partial charge on any atom is 0.174 e. The van der Waals surface area contributed by atoms with Crippen LogP contribution in [0, 0.1) is 6.92 Å². The van der Waals surface area contributed by atoms with Crippen molar-refractivity contribution in [2.75, 3.05) is 4.90 Å². The number of anilines is 1. The molecule has 1 aliphatic heterocycles. The fraction of sp³-hybridized carbons (Fsp3) is 0.120. The molecule has 32 heavy (non-hydrogen) atoms. The Morgan fingerprint density at radius 3 is 2.59 bits per heavy atom. The van der Waals surface area contributed by atoms with Crippen molar-refractivity contribution in [3.63, 3.8) is 0 Å². The van der Waals surface area contributed by atoms with Crippen LogP contribution in [0.4, 0.5) is 5.69 Å². The molecule has 1 aliphatic rings. The molecule has 0 spiro atoms. The molecular weight excluding hydrogens is 506 g/mol. The Kier molecular flexibility index (Phi) is 5.76. The molecule has 1 N–H and O–H groups in total. The molecule has 2 aromatic heterocycles. The number of benzene rings is 2. The fourth-order valence-electron chi connectivity index (χ4n) is 4.05. The number of hydrogen-bond donors (Lipinski definition) is 1. The molecule has 0 unspecified atom stereocenters. The number of aromatic nitrogens is 1. The van der Waals surface area contributed by atoms with E-state index in [-0.39, 0.29) is 12.1 Å². The van der Waals surface area contributed by atoms with Crippen molar-refractivity contribution in [3.8, 4) is 11.3 Å². The molecule has 3 heterocycles. The van der Waals surface area contributed by atoms with Crippen molar-refractivity contribution < 1.29 is 4.42 Å². The molecule has 160 valence electrons. The number of nitrogens with one attached hydrogen (secondary N) is 1. The van der Waals surface area contributed by atoms with Crippen LogP contribution in [0.2, 0.25) is 5.02 Å². The quantitative estimate of drug-likeness (QED) is 0.285. The third kappa shape index (κ3) is 3.83. The van der Waals surface area contributed by atoms with Crippen LogP contribution in [-0.2, 0) is 0 Å². The van der Waals surface area contributed by atoms with Crippen LogP contribution in [-0.4, -0.2) is 10.1 Å². The highest BCUT2D eigenvalue weighted by Gasteiger charge is 2.42. The summed E-state index contributed by atoms with van der Waals surface area (Å²) in [7, 11) is 0. The summed E-state index contributed by atoms with van der Waals surface area (Å²) in [5, 5.41) is 4.80. The van der Waals surface area contributed by atoms with E-state index in [2.05, 4.69) is 31.1 Å². The van der Waals surface area contributed by atoms with E-state index in [0.717, 1.165) is 38.5 Å². The Morgan fingerprint density at radius 2 is 1.84 bits per heavy atom. The van der Waals surface area contributed by atoms with E-state index in [9.17, 15) is 0 Å². The highest BCUT2D eigenvalue weighted by atomic mass is 79.9. The van der Waals surface area contributed by atoms with Crippen molar-refractivity contribution in [3.05, 3.63) is 106 Å². The van der Waals surface area contributed by atoms with Gasteiger partial charge < -0.3 is 14.6 Å². The molecule has 0 amide bonds. The first-order chi connectivity index (χ1) is 15.5. The molecule has 0 aliphatic carbocycles. The molecule has 0 saturated carbocycles. The number of rotatable bonds is 4. The van der Waals surface area contributed by atoms with E-state index >= 15 is 0 Å². The Hall–Kier alpha value is -2.67. The average molecular weight is 525 g/mol. The van der Waals surface area contributed by atoms with Gasteiger partial charge in [0.25, 0.3) is 0 Å². The SMILES string of the molecule is Cc1c(Cl)cccc1-c1ccc([C@H]2[C@H](c3ccccn3)NC(=S)N2c2ccc(Br)cc2)o1. The lowest BCUT2D eigenvalue weighted by Crippen LogP contribution is -2.29. The summed E-state index contributed by atoms with van der Waals surface area (Å²) in [5.74, 6) is 1.57. The smallest absolute Gasteiger partial charge is 0.174 e. The van der Waals surface area contributed by atoms with Gasteiger partial charge in [0.1, 0.15) is 17.6 Å². The van der Waals surface area contributed by atoms with Gasteiger partial charge in [-0.15, -0.1) is 0 Å². The van der Waals surface area contributed by atoms with Gasteiger partial charge in [-0.1, -0.05) is 45.7 Å². The Labute approximate surface area is 205 Å². The van der Waals surface area contributed by atoms with Gasteiger partial charge in [-0.05, 0) is 79.3 Å². The molecule has 1 fully saturated rings. The summed E-state index contributed by atoms with van der Waals surface area (Å²) in [6, 6.07) is 23.5. The summed E-state index contributed by atoms with van der Waals surface area (Å²) in [4.78, 5) is 6.68. The molecule has 1 saturated heterocycles. The van der Waals surface area contributed by atoms with Crippen LogP contribution in [0.1, 0.15) is 29.1 Å². The van der Waals surface area contributed by atoms with Crippen LogP contribution >= 0.6 is 39.7 Å². The lowest BCUT2D eigenvalue weighted by atomic mass is 10.0. The van der Waals surface area contributed by atoms with Gasteiger partial charge in [0, 0.05) is 26.9 Å². The van der Waals surface area contributed by atoms with Crippen LogP contribution in [0.5, 0.6) is 0 Å². The average Bonchev–Trinajstić information content (AvgIpc) is 3.41. The Morgan fingerprint density at radius 1 is 1.03 bits per heavy atom. The normalized spacial score (nSPS) is 18.1. The number of nitrogens with zero attached hydrogens (tertiary/aromatic N) is 2. The minimum atomic E-state index is -0.202. The van der Waals surface area contributed by atoms with Crippen molar-refractivity contribution in [1.29, 1.82) is 0 Å². The second kappa shape index (κ2) is 8.70. The summed E-state index contributed by atoms with van der Waals surface area (Å²) >= 11 is 15.6. The molecule has 4 nitrogen and oxygen atoms in total. The van der Waals surface area contributed by atoms with E-state index in [1.807, 2.05) is 79.7 Å². The first-order valence-electron chi connectivity index (χ1n) is 10.1. The summed E-state index contributed by atoms with van der Waals surface area (Å²) in [6.07, 6.45) is 1.79. The van der Waals surface area contributed by atoms with Crippen LogP contribution in [0.25, 0.3) is 11.3 Å². The van der Waals surface area contributed by atoms with Gasteiger partial charge in [-0.2, -0.15) is 0 Å². The van der Waals surface area contributed by atoms with Gasteiger partial charge >= 0.3 is 0 Å². The van der Waals surface area contributed by atoms with Crippen molar-refractivity contribution in [2.24, 2.45) is 0 Å². The Bertz CT molecular complexity index is 1280. The number of hydrogen-bond acceptors (Lipinski definition) is 3. The zero-order chi connectivity index (χ0) is 22.2. The van der Waals surface area contributed by atoms with Gasteiger partial charge in [0.15, 0.2) is 5.11 Å². The number of pyridine rings is 1. The van der Waals surface area contributed by atoms with E-state index in [4.69, 9.17) is 28.2 Å². The van der Waals surface area contributed by atoms with E-state index in [1.54, 1.807) is 6.20 Å². The molecular formula is C25H19BrClN3OS. The lowest BCUT2D eigenvalue weighted by molar-refractivity contribution is 0.439. The fourth-order valence-corrected chi connectivity index (χ4v) is 4.84. The highest BCUT2D eigenvalue weighted by Crippen LogP contribution is 2.43. The first-order valence-corrected chi connectivity index (χ1v) is 11.7. The minimum Gasteiger partial charge on any atom is -0.459 e. The highest BCUT2D eigenvalue weighted by molar-refractivity contribution is 9.10. The van der Waals surface area contributed by atoms with Crippen molar-refractivity contribution in [1.82, 2.24) is 10.3 Å². The predicted molar refractivity (Wildman–Crippen MR) is 136 cm³/mol. The van der Waals surface area contributed by atoms with Gasteiger partial charge in [0.2, 0.25) is 0 Å². The summed E-state index contributed by atoms with van der Waals surface area (Å²) in [5.41, 5.74) is 3.84. The molecule has 2 aromatic carbocycles. The lowest BCUT2D eigenvalue weighted by Gasteiger charge is -2.26. The molecule has 0 radical (unpaired) electrons. The zero-order valence-corrected chi connectivity index (χ0v) is 20.3. The monoisotopic (exact) mass is 523 g/mol. The van der Waals surface area contributed by atoms with E-state index in [0.29, 0.717) is 10.1 Å². The zero-order valence-electron chi connectivity index (χ0n) is 17.1. The molecule has 4 aromatic rings. The topological polar surface area (TPSA) is 41.3 Å². The van der Waals surface area contributed by atoms with Crippen molar-refractivity contribution >= 4 is 50.5 Å². The molecule has 5 rings (SSSR count). The standard InChI is InChI=1S/C25H19BrClN3OS/c1-15-18(5-4-6-19(15)27)21-12-13-22(31-21)24-23(20-7-2-3-14-28-20)29-25(32)30(24)17-10-8-16(26)9-11-17/h2-14,23-24H,1H3,(H,29,32)/t23-,24-/m0/s1. The minimum absolute atomic E-state index is 0.160. The number of thiocarbonyl (C=S) groups is 1. The maximum atomic E-state index is 6.43. The maximum absolute atomic E-state index is 6.43. The number of furan rings is 1. The molecule has 2 atom stereocenters. The first kappa shape index (κ1) is 21.2. The van der Waals surface area contributed by atoms with Crippen molar-refractivity contribution in [2.45, 2.75) is 19.0 Å². The van der Waals surface area contributed by atoms with Crippen LogP contribution in [0.15, 0.2) is 87.9 Å². The van der Waals surface area contributed by atoms with Gasteiger partial charge in [-0.3, -0.25) is 4.98 Å². The second-order valence-corrected chi connectivity index (χ2v) is 9.30. The van der Waals surface area contributed by atoms with E-state index < -0.39 is 0 Å².